The number of phenolic OH excluding ortho intramolecular Hbond substituents is 3. The lowest BCUT2D eigenvalue weighted by Crippen LogP contribution is -2.18. The van der Waals surface area contributed by atoms with E-state index in [0.717, 1.165) is 12.1 Å². The molecule has 0 aliphatic rings. The number of esters is 2. The van der Waals surface area contributed by atoms with Crippen molar-refractivity contribution in [3.8, 4) is 17.2 Å². The minimum absolute atomic E-state index is 0.0784. The van der Waals surface area contributed by atoms with Gasteiger partial charge in [-0.25, -0.2) is 4.79 Å². The first-order valence-electron chi connectivity index (χ1n) is 6.45. The Balaban J connectivity index is 2.46. The standard InChI is InChI=1S/C14H18O7/c1-3-8(2)13(18)20-4-5-21-14(19)9-6-10(15)12(17)11(16)7-9/h6-8,15-17H,3-5H2,1-2H3. The molecule has 0 radical (unpaired) electrons. The van der Waals surface area contributed by atoms with Gasteiger partial charge in [-0.3, -0.25) is 4.79 Å². The molecule has 0 saturated heterocycles. The van der Waals surface area contributed by atoms with Gasteiger partial charge in [0.2, 0.25) is 0 Å². The van der Waals surface area contributed by atoms with Crippen molar-refractivity contribution in [2.24, 2.45) is 5.92 Å². The van der Waals surface area contributed by atoms with Gasteiger partial charge in [0.25, 0.3) is 0 Å². The average molecular weight is 298 g/mol. The van der Waals surface area contributed by atoms with E-state index in [9.17, 15) is 19.8 Å². The van der Waals surface area contributed by atoms with Crippen LogP contribution in [0.25, 0.3) is 0 Å². The van der Waals surface area contributed by atoms with E-state index in [-0.39, 0.29) is 30.7 Å². The average Bonchev–Trinajstić information content (AvgIpc) is 2.47. The van der Waals surface area contributed by atoms with Gasteiger partial charge in [0, 0.05) is 0 Å². The second kappa shape index (κ2) is 7.37. The molecule has 7 nitrogen and oxygen atoms in total. The van der Waals surface area contributed by atoms with Crippen molar-refractivity contribution in [2.45, 2.75) is 20.3 Å². The van der Waals surface area contributed by atoms with E-state index >= 15 is 0 Å². The van der Waals surface area contributed by atoms with Crippen LogP contribution in [0, 0.1) is 5.92 Å². The van der Waals surface area contributed by atoms with E-state index in [1.807, 2.05) is 6.92 Å². The molecule has 0 amide bonds. The first-order chi connectivity index (χ1) is 9.86. The van der Waals surface area contributed by atoms with Crippen molar-refractivity contribution in [1.82, 2.24) is 0 Å². The van der Waals surface area contributed by atoms with E-state index in [4.69, 9.17) is 14.6 Å². The predicted octanol–water partition coefficient (Wildman–Crippen LogP) is 1.55. The SMILES string of the molecule is CCC(C)C(=O)OCCOC(=O)c1cc(O)c(O)c(O)c1. The summed E-state index contributed by atoms with van der Waals surface area (Å²) in [7, 11) is 0. The molecule has 1 rings (SSSR count). The first-order valence-corrected chi connectivity index (χ1v) is 6.45. The number of carbonyl (C=O) groups is 2. The smallest absolute Gasteiger partial charge is 0.338 e. The largest absolute Gasteiger partial charge is 0.504 e. The van der Waals surface area contributed by atoms with Crippen LogP contribution in [-0.4, -0.2) is 40.5 Å². The Morgan fingerprint density at radius 2 is 1.62 bits per heavy atom. The normalized spacial score (nSPS) is 11.7. The molecular formula is C14H18O7. The highest BCUT2D eigenvalue weighted by Gasteiger charge is 2.15. The third kappa shape index (κ3) is 4.55. The first kappa shape index (κ1) is 16.6. The van der Waals surface area contributed by atoms with E-state index in [1.165, 1.54) is 0 Å². The van der Waals surface area contributed by atoms with Crippen LogP contribution in [0.2, 0.25) is 0 Å². The third-order valence-corrected chi connectivity index (χ3v) is 2.88. The molecule has 0 fully saturated rings. The van der Waals surface area contributed by atoms with Crippen molar-refractivity contribution in [1.29, 1.82) is 0 Å². The second-order valence-electron chi connectivity index (χ2n) is 4.48. The summed E-state index contributed by atoms with van der Waals surface area (Å²) in [6.45, 7) is 3.36. The molecule has 0 aliphatic heterocycles. The second-order valence-corrected chi connectivity index (χ2v) is 4.48. The number of carbonyl (C=O) groups excluding carboxylic acids is 2. The summed E-state index contributed by atoms with van der Waals surface area (Å²) in [5.74, 6) is -3.38. The molecule has 1 aromatic carbocycles. The summed E-state index contributed by atoms with van der Waals surface area (Å²) in [5.41, 5.74) is -0.129. The Morgan fingerprint density at radius 3 is 2.14 bits per heavy atom. The Labute approximate surface area is 121 Å². The van der Waals surface area contributed by atoms with Crippen molar-refractivity contribution < 1.29 is 34.4 Å². The van der Waals surface area contributed by atoms with Gasteiger partial charge in [-0.2, -0.15) is 0 Å². The molecule has 0 heterocycles. The molecular weight excluding hydrogens is 280 g/mol. The molecule has 0 saturated carbocycles. The van der Waals surface area contributed by atoms with Crippen LogP contribution < -0.4 is 0 Å². The van der Waals surface area contributed by atoms with Crippen LogP contribution in [-0.2, 0) is 14.3 Å². The monoisotopic (exact) mass is 298 g/mol. The molecule has 21 heavy (non-hydrogen) atoms. The Morgan fingerprint density at radius 1 is 1.10 bits per heavy atom. The van der Waals surface area contributed by atoms with Gasteiger partial charge in [-0.15, -0.1) is 0 Å². The van der Waals surface area contributed by atoms with Crippen molar-refractivity contribution in [3.63, 3.8) is 0 Å². The lowest BCUT2D eigenvalue weighted by atomic mass is 10.1. The maximum absolute atomic E-state index is 11.6. The zero-order valence-electron chi connectivity index (χ0n) is 11.8. The van der Waals surface area contributed by atoms with Gasteiger partial charge in [0.1, 0.15) is 13.2 Å². The highest BCUT2D eigenvalue weighted by Crippen LogP contribution is 2.35. The number of rotatable bonds is 6. The number of ether oxygens (including phenoxy) is 2. The number of phenols is 3. The fraction of sp³-hybridized carbons (Fsp3) is 0.429. The summed E-state index contributed by atoms with van der Waals surface area (Å²) in [5, 5.41) is 27.7. The number of hydrogen-bond donors (Lipinski definition) is 3. The van der Waals surface area contributed by atoms with Crippen LogP contribution in [0.1, 0.15) is 30.6 Å². The predicted molar refractivity (Wildman–Crippen MR) is 72.1 cm³/mol. The molecule has 0 aromatic heterocycles. The van der Waals surface area contributed by atoms with Crippen LogP contribution in [0.4, 0.5) is 0 Å². The molecule has 116 valence electrons. The van der Waals surface area contributed by atoms with Crippen molar-refractivity contribution in [2.75, 3.05) is 13.2 Å². The maximum atomic E-state index is 11.6. The van der Waals surface area contributed by atoms with Gasteiger partial charge in [0.15, 0.2) is 17.2 Å². The van der Waals surface area contributed by atoms with Gasteiger partial charge in [-0.05, 0) is 18.6 Å². The summed E-state index contributed by atoms with van der Waals surface area (Å²) < 4.78 is 9.71. The fourth-order valence-electron chi connectivity index (χ4n) is 1.39. The van der Waals surface area contributed by atoms with E-state index in [0.29, 0.717) is 6.42 Å². The van der Waals surface area contributed by atoms with Crippen molar-refractivity contribution in [3.05, 3.63) is 17.7 Å². The van der Waals surface area contributed by atoms with Crippen LogP contribution in [0.5, 0.6) is 17.2 Å². The van der Waals surface area contributed by atoms with E-state index in [1.54, 1.807) is 6.92 Å². The minimum atomic E-state index is -0.819. The summed E-state index contributed by atoms with van der Waals surface area (Å²) in [4.78, 5) is 23.0. The molecule has 0 bridgehead atoms. The van der Waals surface area contributed by atoms with E-state index in [2.05, 4.69) is 0 Å². The molecule has 0 spiro atoms. The zero-order valence-corrected chi connectivity index (χ0v) is 11.8. The Hall–Kier alpha value is -2.44. The van der Waals surface area contributed by atoms with Gasteiger partial charge in [0.05, 0.1) is 11.5 Å². The quantitative estimate of drug-likeness (QED) is 0.415. The molecule has 1 atom stereocenters. The van der Waals surface area contributed by atoms with E-state index < -0.39 is 23.2 Å². The number of aromatic hydroxyl groups is 3. The highest BCUT2D eigenvalue weighted by atomic mass is 16.6. The third-order valence-electron chi connectivity index (χ3n) is 2.88. The van der Waals surface area contributed by atoms with Gasteiger partial charge < -0.3 is 24.8 Å². The summed E-state index contributed by atoms with van der Waals surface area (Å²) in [6.07, 6.45) is 0.657. The lowest BCUT2D eigenvalue weighted by Gasteiger charge is -2.10. The number of hydrogen-bond acceptors (Lipinski definition) is 7. The molecule has 1 unspecified atom stereocenters. The van der Waals surface area contributed by atoms with Gasteiger partial charge in [-0.1, -0.05) is 13.8 Å². The topological polar surface area (TPSA) is 113 Å². The zero-order chi connectivity index (χ0) is 16.0. The summed E-state index contributed by atoms with van der Waals surface area (Å²) >= 11 is 0. The van der Waals surface area contributed by atoms with Gasteiger partial charge >= 0.3 is 11.9 Å². The number of benzene rings is 1. The lowest BCUT2D eigenvalue weighted by molar-refractivity contribution is -0.149. The maximum Gasteiger partial charge on any atom is 0.338 e. The van der Waals surface area contributed by atoms with Crippen LogP contribution in [0.3, 0.4) is 0 Å². The Kier molecular flexibility index (Phi) is 5.83. The molecule has 7 heteroatoms. The Bertz CT molecular complexity index is 501. The van der Waals surface area contributed by atoms with Crippen LogP contribution >= 0.6 is 0 Å². The minimum Gasteiger partial charge on any atom is -0.504 e. The fourth-order valence-corrected chi connectivity index (χ4v) is 1.39. The highest BCUT2D eigenvalue weighted by molar-refractivity contribution is 5.91. The van der Waals surface area contributed by atoms with Crippen LogP contribution in [0.15, 0.2) is 12.1 Å². The molecule has 3 N–H and O–H groups in total. The summed E-state index contributed by atoms with van der Waals surface area (Å²) in [6, 6.07) is 1.92. The molecule has 1 aromatic rings. The molecule has 0 aliphatic carbocycles. The van der Waals surface area contributed by atoms with Crippen molar-refractivity contribution >= 4 is 11.9 Å².